The molecule has 0 rings (SSSR count). The highest BCUT2D eigenvalue weighted by Gasteiger charge is 2.18. The molecular formula is C65H121NO5. The fourth-order valence-corrected chi connectivity index (χ4v) is 9.50. The smallest absolute Gasteiger partial charge is 0.305 e. The van der Waals surface area contributed by atoms with Gasteiger partial charge in [0.25, 0.3) is 0 Å². The third kappa shape index (κ3) is 57.0. The molecule has 0 aliphatic rings. The van der Waals surface area contributed by atoms with E-state index < -0.39 is 12.1 Å². The average Bonchev–Trinajstić information content (AvgIpc) is 3.37. The van der Waals surface area contributed by atoms with Crippen LogP contribution in [-0.4, -0.2) is 47.4 Å². The largest absolute Gasteiger partial charge is 0.466 e. The highest BCUT2D eigenvalue weighted by Crippen LogP contribution is 2.17. The Morgan fingerprint density at radius 3 is 1.08 bits per heavy atom. The van der Waals surface area contributed by atoms with Crippen LogP contribution in [0.15, 0.2) is 48.6 Å². The molecule has 0 aromatic heterocycles. The second-order valence-corrected chi connectivity index (χ2v) is 21.4. The Kier molecular flexibility index (Phi) is 58.5. The summed E-state index contributed by atoms with van der Waals surface area (Å²) in [7, 11) is 0. The van der Waals surface area contributed by atoms with E-state index in [0.717, 1.165) is 77.0 Å². The lowest BCUT2D eigenvalue weighted by Crippen LogP contribution is -2.45. The predicted molar refractivity (Wildman–Crippen MR) is 310 cm³/mol. The number of allylic oxidation sites excluding steroid dienone is 7. The quantitative estimate of drug-likeness (QED) is 0.0244. The summed E-state index contributed by atoms with van der Waals surface area (Å²) in [6, 6.07) is -0.647. The molecule has 0 spiro atoms. The monoisotopic (exact) mass is 996 g/mol. The van der Waals surface area contributed by atoms with Crippen molar-refractivity contribution in [2.45, 2.75) is 341 Å². The van der Waals surface area contributed by atoms with E-state index in [1.807, 2.05) is 6.08 Å². The van der Waals surface area contributed by atoms with E-state index in [1.165, 1.54) is 225 Å². The minimum Gasteiger partial charge on any atom is -0.466 e. The molecule has 3 N–H and O–H groups in total. The first kappa shape index (κ1) is 68.8. The van der Waals surface area contributed by atoms with Crippen molar-refractivity contribution in [1.82, 2.24) is 5.32 Å². The number of amides is 1. The zero-order valence-corrected chi connectivity index (χ0v) is 47.5. The molecule has 2 atom stereocenters. The van der Waals surface area contributed by atoms with Crippen LogP contribution in [0.25, 0.3) is 0 Å². The van der Waals surface area contributed by atoms with E-state index in [4.69, 9.17) is 4.74 Å². The molecule has 0 aliphatic heterocycles. The highest BCUT2D eigenvalue weighted by molar-refractivity contribution is 5.76. The van der Waals surface area contributed by atoms with Gasteiger partial charge in [-0.05, 0) is 89.9 Å². The normalized spacial score (nSPS) is 12.9. The van der Waals surface area contributed by atoms with Crippen LogP contribution in [0, 0.1) is 0 Å². The summed E-state index contributed by atoms with van der Waals surface area (Å²) < 4.78 is 5.46. The van der Waals surface area contributed by atoms with Crippen LogP contribution >= 0.6 is 0 Å². The summed E-state index contributed by atoms with van der Waals surface area (Å²) in [6.45, 7) is 4.86. The molecule has 0 aromatic rings. The summed E-state index contributed by atoms with van der Waals surface area (Å²) in [6.07, 6.45) is 77.2. The van der Waals surface area contributed by atoms with Gasteiger partial charge in [-0.1, -0.05) is 274 Å². The highest BCUT2D eigenvalue weighted by atomic mass is 16.5. The van der Waals surface area contributed by atoms with Crippen molar-refractivity contribution in [2.75, 3.05) is 13.2 Å². The molecule has 2 unspecified atom stereocenters. The lowest BCUT2D eigenvalue weighted by Gasteiger charge is -2.20. The molecule has 71 heavy (non-hydrogen) atoms. The maximum absolute atomic E-state index is 12.5. The number of rotatable bonds is 58. The number of nitrogens with one attached hydrogen (secondary N) is 1. The van der Waals surface area contributed by atoms with Crippen LogP contribution < -0.4 is 5.32 Å². The summed E-state index contributed by atoms with van der Waals surface area (Å²) in [4.78, 5) is 24.6. The number of aliphatic hydroxyl groups excluding tert-OH is 2. The first-order chi connectivity index (χ1) is 35.0. The summed E-state index contributed by atoms with van der Waals surface area (Å²) in [5.41, 5.74) is 0. The first-order valence-electron chi connectivity index (χ1n) is 31.4. The second-order valence-electron chi connectivity index (χ2n) is 21.4. The molecule has 0 bridgehead atoms. The molecule has 0 aromatic carbocycles. The maximum Gasteiger partial charge on any atom is 0.305 e. The molecular weight excluding hydrogens is 875 g/mol. The standard InChI is InChI=1S/C65H121NO5/c1-3-5-7-9-11-13-15-17-19-21-23-24-25-26-29-33-37-41-45-49-53-57-63(68)62(61-67)66-64(69)58-54-50-46-42-38-34-30-28-32-36-40-44-48-52-56-60-71-65(70)59-55-51-47-43-39-35-31-27-22-20-18-16-14-12-10-8-6-4-2/h20,22,28,32,36,40,53,57,62-63,67-68H,3-19,21,23-27,29-31,33-35,37-39,41-52,54-56,58-61H2,1-2H3,(H,66,69)/b22-20-,32-28-,40-36-,57-53+. The Balaban J connectivity index is 3.54. The average molecular weight is 997 g/mol. The van der Waals surface area contributed by atoms with Gasteiger partial charge in [0.1, 0.15) is 0 Å². The molecule has 6 nitrogen and oxygen atoms in total. The number of esters is 1. The molecule has 0 saturated carbocycles. The third-order valence-electron chi connectivity index (χ3n) is 14.3. The van der Waals surface area contributed by atoms with Crippen LogP contribution in [0.2, 0.25) is 0 Å². The second kappa shape index (κ2) is 60.4. The summed E-state index contributed by atoms with van der Waals surface area (Å²) in [5.74, 6) is -0.114. The topological polar surface area (TPSA) is 95.9 Å². The van der Waals surface area contributed by atoms with Crippen LogP contribution in [0.5, 0.6) is 0 Å². The minimum atomic E-state index is -0.861. The predicted octanol–water partition coefficient (Wildman–Crippen LogP) is 19.7. The lowest BCUT2D eigenvalue weighted by atomic mass is 10.0. The Hall–Kier alpha value is -2.18. The summed E-state index contributed by atoms with van der Waals surface area (Å²) >= 11 is 0. The number of unbranched alkanes of at least 4 members (excludes halogenated alkanes) is 42. The number of hydrogen-bond acceptors (Lipinski definition) is 5. The molecule has 6 heteroatoms. The van der Waals surface area contributed by atoms with Gasteiger partial charge in [0.2, 0.25) is 5.91 Å². The summed E-state index contributed by atoms with van der Waals surface area (Å²) in [5, 5.41) is 23.2. The molecule has 0 heterocycles. The van der Waals surface area contributed by atoms with Crippen molar-refractivity contribution in [3.8, 4) is 0 Å². The van der Waals surface area contributed by atoms with Crippen molar-refractivity contribution in [3.63, 3.8) is 0 Å². The molecule has 0 fully saturated rings. The van der Waals surface area contributed by atoms with E-state index in [1.54, 1.807) is 6.08 Å². The maximum atomic E-state index is 12.5. The van der Waals surface area contributed by atoms with E-state index in [0.29, 0.717) is 19.4 Å². The first-order valence-corrected chi connectivity index (χ1v) is 31.4. The van der Waals surface area contributed by atoms with E-state index >= 15 is 0 Å². The van der Waals surface area contributed by atoms with Gasteiger partial charge in [0.05, 0.1) is 25.4 Å². The molecule has 0 radical (unpaired) electrons. The fourth-order valence-electron chi connectivity index (χ4n) is 9.50. The molecule has 0 saturated heterocycles. The third-order valence-corrected chi connectivity index (χ3v) is 14.3. The molecule has 416 valence electrons. The zero-order valence-electron chi connectivity index (χ0n) is 47.5. The number of hydrogen-bond donors (Lipinski definition) is 3. The van der Waals surface area contributed by atoms with Crippen molar-refractivity contribution in [3.05, 3.63) is 48.6 Å². The Morgan fingerprint density at radius 2 is 0.704 bits per heavy atom. The van der Waals surface area contributed by atoms with Gasteiger partial charge >= 0.3 is 5.97 Å². The van der Waals surface area contributed by atoms with Gasteiger partial charge in [0.15, 0.2) is 0 Å². The van der Waals surface area contributed by atoms with Crippen molar-refractivity contribution in [2.24, 2.45) is 0 Å². The van der Waals surface area contributed by atoms with Crippen LogP contribution in [0.3, 0.4) is 0 Å². The number of carbonyl (C=O) groups excluding carboxylic acids is 2. The van der Waals surface area contributed by atoms with Crippen LogP contribution in [-0.2, 0) is 14.3 Å². The van der Waals surface area contributed by atoms with Crippen molar-refractivity contribution in [1.29, 1.82) is 0 Å². The Morgan fingerprint density at radius 1 is 0.394 bits per heavy atom. The van der Waals surface area contributed by atoms with Gasteiger partial charge in [-0.15, -0.1) is 0 Å². The number of ether oxygens (including phenoxy) is 1. The van der Waals surface area contributed by atoms with E-state index in [-0.39, 0.29) is 18.5 Å². The molecule has 0 aliphatic carbocycles. The zero-order chi connectivity index (χ0) is 51.4. The number of aliphatic hydroxyl groups is 2. The van der Waals surface area contributed by atoms with E-state index in [2.05, 4.69) is 55.6 Å². The minimum absolute atomic E-state index is 0.0256. The lowest BCUT2D eigenvalue weighted by molar-refractivity contribution is -0.143. The molecule has 1 amide bonds. The SMILES string of the molecule is CCCCCCCCC/C=C\CCCCCCCCCC(=O)OCCCCC/C=C\C=C/CCCCCCCCC(=O)NC(CO)C(O)/C=C/CCCCCCCCCCCCCCCCCCCCC. The van der Waals surface area contributed by atoms with E-state index in [9.17, 15) is 19.8 Å². The van der Waals surface area contributed by atoms with Crippen molar-refractivity contribution < 1.29 is 24.5 Å². The van der Waals surface area contributed by atoms with Crippen LogP contribution in [0.4, 0.5) is 0 Å². The van der Waals surface area contributed by atoms with Gasteiger partial charge in [-0.2, -0.15) is 0 Å². The number of carbonyl (C=O) groups is 2. The Labute approximate surface area is 442 Å². The van der Waals surface area contributed by atoms with Gasteiger partial charge in [0, 0.05) is 12.8 Å². The van der Waals surface area contributed by atoms with Crippen molar-refractivity contribution >= 4 is 11.9 Å². The Bertz CT molecular complexity index is 1190. The van der Waals surface area contributed by atoms with Gasteiger partial charge in [-0.3, -0.25) is 9.59 Å². The van der Waals surface area contributed by atoms with Crippen LogP contribution in [0.1, 0.15) is 328 Å². The van der Waals surface area contributed by atoms with Gasteiger partial charge in [-0.25, -0.2) is 0 Å². The fraction of sp³-hybridized carbons (Fsp3) is 0.846. The van der Waals surface area contributed by atoms with Gasteiger partial charge < -0.3 is 20.3 Å².